The van der Waals surface area contributed by atoms with Gasteiger partial charge in [-0.15, -0.1) is 10.2 Å². The summed E-state index contributed by atoms with van der Waals surface area (Å²) < 4.78 is 1.93. The molecule has 0 unspecified atom stereocenters. The number of benzene rings is 1. The van der Waals surface area contributed by atoms with Gasteiger partial charge in [0.15, 0.2) is 5.82 Å². The predicted molar refractivity (Wildman–Crippen MR) is 95.9 cm³/mol. The van der Waals surface area contributed by atoms with Gasteiger partial charge in [-0.1, -0.05) is 29.8 Å². The first kappa shape index (κ1) is 16.8. The molecule has 0 saturated carbocycles. The molecule has 128 valence electrons. The number of carbonyl (C=O) groups excluding carboxylic acids is 1. The van der Waals surface area contributed by atoms with E-state index >= 15 is 0 Å². The van der Waals surface area contributed by atoms with Gasteiger partial charge in [-0.3, -0.25) is 0 Å². The Hall–Kier alpha value is -2.02. The Bertz CT molecular complexity index is 685. The monoisotopic (exact) mass is 345 g/mol. The van der Waals surface area contributed by atoms with E-state index in [1.807, 2.05) is 28.2 Å². The molecule has 7 heteroatoms. The highest BCUT2D eigenvalue weighted by atomic mass is 32.2. The molecule has 2 heterocycles. The Kier molecular flexibility index (Phi) is 5.40. The Morgan fingerprint density at radius 1 is 1.38 bits per heavy atom. The summed E-state index contributed by atoms with van der Waals surface area (Å²) in [5.74, 6) is 2.69. The van der Waals surface area contributed by atoms with Crippen molar-refractivity contribution in [1.82, 2.24) is 25.0 Å². The van der Waals surface area contributed by atoms with Crippen LogP contribution in [0.3, 0.4) is 0 Å². The van der Waals surface area contributed by atoms with Crippen molar-refractivity contribution in [1.29, 1.82) is 0 Å². The van der Waals surface area contributed by atoms with Gasteiger partial charge in [0.1, 0.15) is 6.33 Å². The predicted octanol–water partition coefficient (Wildman–Crippen LogP) is 2.61. The largest absolute Gasteiger partial charge is 0.331 e. The van der Waals surface area contributed by atoms with Gasteiger partial charge in [0.25, 0.3) is 0 Å². The number of amides is 2. The van der Waals surface area contributed by atoms with E-state index in [4.69, 9.17) is 0 Å². The number of aromatic nitrogens is 3. The third kappa shape index (κ3) is 3.72. The molecule has 1 fully saturated rings. The summed E-state index contributed by atoms with van der Waals surface area (Å²) in [6, 6.07) is 8.54. The molecule has 0 spiro atoms. The van der Waals surface area contributed by atoms with E-state index in [9.17, 15) is 4.79 Å². The van der Waals surface area contributed by atoms with E-state index in [1.54, 1.807) is 6.33 Å². The highest BCUT2D eigenvalue weighted by Gasteiger charge is 2.28. The van der Waals surface area contributed by atoms with E-state index < -0.39 is 0 Å². The lowest BCUT2D eigenvalue weighted by Crippen LogP contribution is -2.46. The van der Waals surface area contributed by atoms with Crippen LogP contribution in [0, 0.1) is 6.92 Å². The van der Waals surface area contributed by atoms with Gasteiger partial charge in [-0.25, -0.2) is 4.79 Å². The number of urea groups is 1. The van der Waals surface area contributed by atoms with Crippen molar-refractivity contribution < 1.29 is 4.79 Å². The third-order valence-corrected chi connectivity index (χ3v) is 5.31. The Morgan fingerprint density at radius 3 is 2.92 bits per heavy atom. The molecule has 2 amide bonds. The quantitative estimate of drug-likeness (QED) is 0.925. The van der Waals surface area contributed by atoms with Crippen LogP contribution in [0.1, 0.15) is 29.9 Å². The zero-order valence-corrected chi connectivity index (χ0v) is 14.9. The lowest BCUT2D eigenvalue weighted by atomic mass is 10.1. The maximum absolute atomic E-state index is 12.7. The van der Waals surface area contributed by atoms with Crippen LogP contribution in [0.2, 0.25) is 0 Å². The van der Waals surface area contributed by atoms with Gasteiger partial charge in [-0.05, 0) is 19.4 Å². The van der Waals surface area contributed by atoms with Gasteiger partial charge in [0, 0.05) is 24.6 Å². The minimum atomic E-state index is -0.0356. The minimum absolute atomic E-state index is 0.0356. The smallest absolute Gasteiger partial charge is 0.318 e. The first-order valence-corrected chi connectivity index (χ1v) is 9.40. The van der Waals surface area contributed by atoms with Crippen LogP contribution in [-0.2, 0) is 13.1 Å². The zero-order chi connectivity index (χ0) is 16.9. The molecule has 3 rings (SSSR count). The van der Waals surface area contributed by atoms with Crippen molar-refractivity contribution in [2.24, 2.45) is 0 Å². The van der Waals surface area contributed by atoms with Crippen LogP contribution < -0.4 is 5.32 Å². The van der Waals surface area contributed by atoms with E-state index in [0.29, 0.717) is 6.54 Å². The number of thioether (sulfide) groups is 1. The van der Waals surface area contributed by atoms with E-state index in [1.165, 1.54) is 11.1 Å². The van der Waals surface area contributed by atoms with Crippen molar-refractivity contribution in [3.8, 4) is 0 Å². The number of hydrogen-bond donors (Lipinski definition) is 1. The van der Waals surface area contributed by atoms with Gasteiger partial charge < -0.3 is 14.8 Å². The molecule has 1 N–H and O–H groups in total. The summed E-state index contributed by atoms with van der Waals surface area (Å²) in [5, 5.41) is 11.0. The van der Waals surface area contributed by atoms with Crippen LogP contribution in [0.25, 0.3) is 0 Å². The fourth-order valence-corrected chi connectivity index (χ4v) is 3.94. The lowest BCUT2D eigenvalue weighted by molar-refractivity contribution is 0.182. The van der Waals surface area contributed by atoms with Crippen molar-refractivity contribution in [2.45, 2.75) is 33.0 Å². The van der Waals surface area contributed by atoms with Crippen molar-refractivity contribution >= 4 is 17.8 Å². The topological polar surface area (TPSA) is 63.1 Å². The Morgan fingerprint density at radius 2 is 2.17 bits per heavy atom. The average Bonchev–Trinajstić information content (AvgIpc) is 3.08. The average molecular weight is 345 g/mol. The van der Waals surface area contributed by atoms with Crippen LogP contribution >= 0.6 is 11.8 Å². The molecule has 0 radical (unpaired) electrons. The molecule has 0 bridgehead atoms. The van der Waals surface area contributed by atoms with E-state index in [2.05, 4.69) is 46.7 Å². The first-order chi connectivity index (χ1) is 11.7. The molecule has 24 heavy (non-hydrogen) atoms. The summed E-state index contributed by atoms with van der Waals surface area (Å²) in [5.41, 5.74) is 2.43. The van der Waals surface area contributed by atoms with Crippen molar-refractivity contribution in [3.63, 3.8) is 0 Å². The molecule has 1 aromatic heterocycles. The number of nitrogens with zero attached hydrogens (tertiary/aromatic N) is 4. The maximum Gasteiger partial charge on any atom is 0.318 e. The summed E-state index contributed by atoms with van der Waals surface area (Å²) >= 11 is 1.90. The Balaban J connectivity index is 1.68. The molecule has 6 nitrogen and oxygen atoms in total. The molecule has 1 aliphatic heterocycles. The van der Waals surface area contributed by atoms with E-state index in [0.717, 1.165) is 30.4 Å². The normalized spacial score (nSPS) is 17.8. The number of nitrogens with one attached hydrogen (secondary N) is 1. The molecule has 1 saturated heterocycles. The number of rotatable bonds is 4. The lowest BCUT2D eigenvalue weighted by Gasteiger charge is -2.35. The second-order valence-corrected chi connectivity index (χ2v) is 7.04. The fourth-order valence-electron chi connectivity index (χ4n) is 2.85. The number of carbonyl (C=O) groups is 1. The molecule has 0 aliphatic carbocycles. The zero-order valence-electron chi connectivity index (χ0n) is 14.1. The molecule has 1 aliphatic rings. The molecule has 1 atom stereocenters. The van der Waals surface area contributed by atoms with Crippen LogP contribution in [-0.4, -0.2) is 43.7 Å². The summed E-state index contributed by atoms with van der Waals surface area (Å²) in [6.45, 7) is 6.06. The maximum atomic E-state index is 12.7. The SMILES string of the molecule is CCn1cnnc1CNC(=O)N1CCSC[C@H]1c1ccc(C)cc1. The molecule has 2 aromatic rings. The second-order valence-electron chi connectivity index (χ2n) is 5.89. The standard InChI is InChI=1S/C17H23N5OS/c1-3-21-12-19-20-16(21)10-18-17(23)22-8-9-24-11-15(22)14-6-4-13(2)5-7-14/h4-7,12,15H,3,8-11H2,1-2H3,(H,18,23)/t15-/m0/s1. The summed E-state index contributed by atoms with van der Waals surface area (Å²) in [7, 11) is 0. The Labute approximate surface area is 146 Å². The number of hydrogen-bond acceptors (Lipinski definition) is 4. The van der Waals surface area contributed by atoms with E-state index in [-0.39, 0.29) is 12.1 Å². The first-order valence-electron chi connectivity index (χ1n) is 8.24. The minimum Gasteiger partial charge on any atom is -0.331 e. The van der Waals surface area contributed by atoms with Crippen molar-refractivity contribution in [2.75, 3.05) is 18.1 Å². The number of aryl methyl sites for hydroxylation is 2. The van der Waals surface area contributed by atoms with Gasteiger partial charge in [0.2, 0.25) is 0 Å². The third-order valence-electron chi connectivity index (χ3n) is 4.29. The summed E-state index contributed by atoms with van der Waals surface area (Å²) in [4.78, 5) is 14.6. The highest BCUT2D eigenvalue weighted by molar-refractivity contribution is 7.99. The van der Waals surface area contributed by atoms with Crippen molar-refractivity contribution in [3.05, 3.63) is 47.5 Å². The van der Waals surface area contributed by atoms with Crippen LogP contribution in [0.15, 0.2) is 30.6 Å². The molecule has 1 aromatic carbocycles. The van der Waals surface area contributed by atoms with Gasteiger partial charge in [0.05, 0.1) is 12.6 Å². The molecular formula is C17H23N5OS. The second kappa shape index (κ2) is 7.70. The summed E-state index contributed by atoms with van der Waals surface area (Å²) in [6.07, 6.45) is 1.69. The highest BCUT2D eigenvalue weighted by Crippen LogP contribution is 2.29. The van der Waals surface area contributed by atoms with Crippen LogP contribution in [0.5, 0.6) is 0 Å². The van der Waals surface area contributed by atoms with Gasteiger partial charge >= 0.3 is 6.03 Å². The van der Waals surface area contributed by atoms with Crippen LogP contribution in [0.4, 0.5) is 4.79 Å². The molecular weight excluding hydrogens is 322 g/mol. The van der Waals surface area contributed by atoms with Gasteiger partial charge in [-0.2, -0.15) is 11.8 Å². The fraction of sp³-hybridized carbons (Fsp3) is 0.471.